The van der Waals surface area contributed by atoms with Crippen LogP contribution in [-0.2, 0) is 6.42 Å². The van der Waals surface area contributed by atoms with E-state index >= 15 is 0 Å². The number of benzene rings is 1. The number of anilines is 1. The highest BCUT2D eigenvalue weighted by Crippen LogP contribution is 2.58. The summed E-state index contributed by atoms with van der Waals surface area (Å²) in [5, 5.41) is 34.1. The molecule has 2 aliphatic rings. The zero-order valence-electron chi connectivity index (χ0n) is 19.5. The van der Waals surface area contributed by atoms with Crippen LogP contribution in [0.2, 0.25) is 0 Å². The first-order valence-corrected chi connectivity index (χ1v) is 11.7. The molecule has 2 aromatic heterocycles. The van der Waals surface area contributed by atoms with Crippen LogP contribution in [-0.4, -0.2) is 67.3 Å². The summed E-state index contributed by atoms with van der Waals surface area (Å²) in [7, 11) is 1.52. The molecule has 2 saturated carbocycles. The number of hydrogen-bond donors (Lipinski definition) is 4. The van der Waals surface area contributed by atoms with E-state index in [0.29, 0.717) is 48.2 Å². The largest absolute Gasteiger partial charge is 0.504 e. The normalized spacial score (nSPS) is 25.5. The van der Waals surface area contributed by atoms with Crippen molar-refractivity contribution in [3.63, 3.8) is 0 Å². The Balaban J connectivity index is 1.41. The minimum atomic E-state index is -0.850. The number of fused-ring (bicyclic) bond motifs is 2. The number of nitrogens with one attached hydrogen (secondary N) is 1. The quantitative estimate of drug-likeness (QED) is 0.372. The van der Waals surface area contributed by atoms with Crippen molar-refractivity contribution in [3.8, 4) is 17.5 Å². The summed E-state index contributed by atoms with van der Waals surface area (Å²) in [5.41, 5.74) is 2.16. The summed E-state index contributed by atoms with van der Waals surface area (Å²) in [5.74, 6) is 1.75. The monoisotopic (exact) mass is 469 g/mol. The van der Waals surface area contributed by atoms with E-state index in [1.807, 2.05) is 10.6 Å². The van der Waals surface area contributed by atoms with E-state index in [9.17, 15) is 15.3 Å². The molecular weight excluding hydrogens is 438 g/mol. The van der Waals surface area contributed by atoms with Gasteiger partial charge >= 0.3 is 6.01 Å². The Labute approximate surface area is 197 Å². The van der Waals surface area contributed by atoms with Crippen LogP contribution in [0, 0.1) is 17.8 Å². The van der Waals surface area contributed by atoms with Gasteiger partial charge in [0.05, 0.1) is 32.2 Å². The molecule has 0 spiro atoms. The Hall–Kier alpha value is -3.11. The van der Waals surface area contributed by atoms with E-state index in [-0.39, 0.29) is 29.6 Å². The molecule has 0 amide bonds. The average molecular weight is 470 g/mol. The van der Waals surface area contributed by atoms with Crippen molar-refractivity contribution >= 4 is 17.0 Å². The number of phenols is 1. The molecule has 0 unspecified atom stereocenters. The molecule has 2 fully saturated rings. The molecule has 34 heavy (non-hydrogen) atoms. The lowest BCUT2D eigenvalue weighted by atomic mass is 10.1. The first-order valence-electron chi connectivity index (χ1n) is 11.7. The number of phenolic OH excluding ortho intramolecular Hbond substituents is 1. The Kier molecular flexibility index (Phi) is 5.95. The third-order valence-corrected chi connectivity index (χ3v) is 6.69. The third-order valence-electron chi connectivity index (χ3n) is 6.69. The number of hydrogen-bond acceptors (Lipinski definition) is 9. The number of aromatic hydroxyl groups is 1. The Morgan fingerprint density at radius 1 is 1.18 bits per heavy atom. The summed E-state index contributed by atoms with van der Waals surface area (Å²) >= 11 is 0. The number of aromatic nitrogens is 4. The first-order chi connectivity index (χ1) is 16.4. The maximum absolute atomic E-state index is 10.6. The van der Waals surface area contributed by atoms with Crippen LogP contribution in [0.15, 0.2) is 24.5 Å². The fraction of sp³-hybridized carbons (Fsp3) is 0.542. The van der Waals surface area contributed by atoms with Crippen molar-refractivity contribution in [3.05, 3.63) is 30.1 Å². The maximum atomic E-state index is 10.6. The third kappa shape index (κ3) is 4.12. The van der Waals surface area contributed by atoms with Gasteiger partial charge in [-0.25, -0.2) is 4.98 Å². The summed E-state index contributed by atoms with van der Waals surface area (Å²) in [4.78, 5) is 13.7. The van der Waals surface area contributed by atoms with Gasteiger partial charge in [0.25, 0.3) is 0 Å². The van der Waals surface area contributed by atoms with Crippen LogP contribution in [0.25, 0.3) is 11.2 Å². The zero-order chi connectivity index (χ0) is 24.0. The lowest BCUT2D eigenvalue weighted by Crippen LogP contribution is -2.31. The van der Waals surface area contributed by atoms with Crippen LogP contribution in [0.3, 0.4) is 0 Å². The van der Waals surface area contributed by atoms with E-state index < -0.39 is 12.2 Å². The number of nitrogens with zero attached hydrogens (tertiary/aromatic N) is 4. The molecule has 10 heteroatoms. The number of ether oxygens (including phenoxy) is 2. The zero-order valence-corrected chi connectivity index (χ0v) is 19.5. The van der Waals surface area contributed by atoms with E-state index in [0.717, 1.165) is 12.0 Å². The van der Waals surface area contributed by atoms with Gasteiger partial charge in [-0.15, -0.1) is 0 Å². The molecule has 4 N–H and O–H groups in total. The standard InChI is InChI=1S/C24H31N5O5/c1-12(2)10-34-24-27-22(25-7-6-13-4-5-16(30)17(8-13)33-3)18-23(28-24)29(11-26-18)19-14-9-15(14)20(31)21(19)32/h4-5,8,11-12,14-15,19-21,30-32H,6-7,9-10H2,1-3H3,(H,25,27,28)/t14-,15+,19+,20+,21-/m0/s1. The van der Waals surface area contributed by atoms with E-state index in [1.54, 1.807) is 18.5 Å². The molecule has 5 atom stereocenters. The van der Waals surface area contributed by atoms with Crippen LogP contribution in [0.5, 0.6) is 17.5 Å². The number of methoxy groups -OCH3 is 1. The average Bonchev–Trinajstić information content (AvgIpc) is 3.42. The van der Waals surface area contributed by atoms with Crippen molar-refractivity contribution < 1.29 is 24.8 Å². The predicted octanol–water partition coefficient (Wildman–Crippen LogP) is 2.14. The van der Waals surface area contributed by atoms with Crippen LogP contribution >= 0.6 is 0 Å². The fourth-order valence-electron chi connectivity index (χ4n) is 4.85. The lowest BCUT2D eigenvalue weighted by Gasteiger charge is -2.22. The molecule has 2 heterocycles. The SMILES string of the molecule is COc1cc(CCNc2nc(OCC(C)C)nc3c2ncn3[C@H]2[C@H](O)[C@H](O)[C@@H]3C[C@@H]32)ccc1O. The molecule has 0 radical (unpaired) electrons. The summed E-state index contributed by atoms with van der Waals surface area (Å²) in [6, 6.07) is 5.24. The number of imidazole rings is 1. The molecular formula is C24H31N5O5. The number of aliphatic hydroxyl groups excluding tert-OH is 2. The van der Waals surface area contributed by atoms with Gasteiger partial charge in [0.2, 0.25) is 0 Å². The van der Waals surface area contributed by atoms with Crippen molar-refractivity contribution in [1.82, 2.24) is 19.5 Å². The molecule has 2 aliphatic carbocycles. The molecule has 10 nitrogen and oxygen atoms in total. The molecule has 0 bridgehead atoms. The first kappa shape index (κ1) is 22.7. The summed E-state index contributed by atoms with van der Waals surface area (Å²) < 4.78 is 12.9. The van der Waals surface area contributed by atoms with Gasteiger partial charge in [0.1, 0.15) is 6.10 Å². The molecule has 3 aromatic rings. The highest BCUT2D eigenvalue weighted by molar-refractivity contribution is 5.83. The molecule has 0 saturated heterocycles. The summed E-state index contributed by atoms with van der Waals surface area (Å²) in [6.45, 7) is 5.14. The Bertz CT molecular complexity index is 1180. The summed E-state index contributed by atoms with van der Waals surface area (Å²) in [6.07, 6.45) is 1.67. The van der Waals surface area contributed by atoms with Crippen molar-refractivity contribution in [2.45, 2.75) is 44.9 Å². The fourth-order valence-corrected chi connectivity index (χ4v) is 4.85. The molecule has 5 rings (SSSR count). The smallest absolute Gasteiger partial charge is 0.320 e. The van der Waals surface area contributed by atoms with Crippen LogP contribution in [0.1, 0.15) is 31.9 Å². The molecule has 182 valence electrons. The number of aliphatic hydroxyl groups is 2. The highest BCUT2D eigenvalue weighted by atomic mass is 16.5. The van der Waals surface area contributed by atoms with Gasteiger partial charge in [0, 0.05) is 6.54 Å². The van der Waals surface area contributed by atoms with E-state index in [4.69, 9.17) is 9.47 Å². The van der Waals surface area contributed by atoms with Crippen molar-refractivity contribution in [2.24, 2.45) is 17.8 Å². The van der Waals surface area contributed by atoms with E-state index in [1.165, 1.54) is 7.11 Å². The highest BCUT2D eigenvalue weighted by Gasteiger charge is 2.60. The van der Waals surface area contributed by atoms with Gasteiger partial charge in [-0.1, -0.05) is 19.9 Å². The van der Waals surface area contributed by atoms with Crippen molar-refractivity contribution in [1.29, 1.82) is 0 Å². The second-order valence-electron chi connectivity index (χ2n) is 9.60. The van der Waals surface area contributed by atoms with Crippen LogP contribution < -0.4 is 14.8 Å². The predicted molar refractivity (Wildman–Crippen MR) is 125 cm³/mol. The maximum Gasteiger partial charge on any atom is 0.320 e. The van der Waals surface area contributed by atoms with E-state index in [2.05, 4.69) is 34.1 Å². The van der Waals surface area contributed by atoms with Gasteiger partial charge in [-0.2, -0.15) is 9.97 Å². The van der Waals surface area contributed by atoms with Gasteiger partial charge in [0.15, 0.2) is 28.5 Å². The number of rotatable bonds is 9. The minimum Gasteiger partial charge on any atom is -0.504 e. The van der Waals surface area contributed by atoms with Gasteiger partial charge < -0.3 is 34.7 Å². The van der Waals surface area contributed by atoms with Crippen molar-refractivity contribution in [2.75, 3.05) is 25.6 Å². The van der Waals surface area contributed by atoms with Gasteiger partial charge in [-0.3, -0.25) is 0 Å². The molecule has 1 aromatic carbocycles. The minimum absolute atomic E-state index is 0.103. The molecule has 0 aliphatic heterocycles. The van der Waals surface area contributed by atoms with Gasteiger partial charge in [-0.05, 0) is 48.3 Å². The Morgan fingerprint density at radius 2 is 2.00 bits per heavy atom. The lowest BCUT2D eigenvalue weighted by molar-refractivity contribution is 0.00385. The Morgan fingerprint density at radius 3 is 2.71 bits per heavy atom. The second kappa shape index (κ2) is 8.92. The second-order valence-corrected chi connectivity index (χ2v) is 9.60. The topological polar surface area (TPSA) is 135 Å². The van der Waals surface area contributed by atoms with Crippen LogP contribution in [0.4, 0.5) is 5.82 Å².